The molecule has 0 radical (unpaired) electrons. The van der Waals surface area contributed by atoms with Crippen molar-refractivity contribution >= 4 is 5.97 Å². The number of halogens is 1. The Balaban J connectivity index is 2.47. The molecule has 2 N–H and O–H groups in total. The fraction of sp³-hybridized carbons (Fsp3) is 0.500. The maximum absolute atomic E-state index is 13.6. The van der Waals surface area contributed by atoms with Crippen molar-refractivity contribution in [2.75, 3.05) is 13.7 Å². The fourth-order valence-corrected chi connectivity index (χ4v) is 1.68. The van der Waals surface area contributed by atoms with E-state index in [0.717, 1.165) is 0 Å². The van der Waals surface area contributed by atoms with Gasteiger partial charge < -0.3 is 15.2 Å². The van der Waals surface area contributed by atoms with Crippen molar-refractivity contribution in [1.29, 1.82) is 0 Å². The molecule has 1 aromatic carbocycles. The zero-order valence-electron chi connectivity index (χ0n) is 11.5. The molecule has 1 aromatic rings. The summed E-state index contributed by atoms with van der Waals surface area (Å²) in [6.45, 7) is 3.57. The molecule has 0 heterocycles. The molecule has 0 fully saturated rings. The van der Waals surface area contributed by atoms with Crippen molar-refractivity contribution in [3.8, 4) is 5.75 Å². The maximum atomic E-state index is 13.6. The number of benzene rings is 1. The van der Waals surface area contributed by atoms with Crippen LogP contribution in [-0.2, 0) is 4.79 Å². The first-order chi connectivity index (χ1) is 8.90. The van der Waals surface area contributed by atoms with E-state index in [9.17, 15) is 9.18 Å². The summed E-state index contributed by atoms with van der Waals surface area (Å²) in [5.41, 5.74) is -0.447. The smallest absolute Gasteiger partial charge is 0.323 e. The highest BCUT2D eigenvalue weighted by molar-refractivity contribution is 5.78. The molecule has 0 saturated heterocycles. The summed E-state index contributed by atoms with van der Waals surface area (Å²) in [7, 11) is 1.61. The van der Waals surface area contributed by atoms with E-state index in [2.05, 4.69) is 5.32 Å². The van der Waals surface area contributed by atoms with Gasteiger partial charge in [-0.3, -0.25) is 4.79 Å². The fourth-order valence-electron chi connectivity index (χ4n) is 1.68. The number of aliphatic carboxylic acids is 1. The molecule has 19 heavy (non-hydrogen) atoms. The van der Waals surface area contributed by atoms with Crippen LogP contribution in [0.2, 0.25) is 0 Å². The predicted molar refractivity (Wildman–Crippen MR) is 71.0 cm³/mol. The average molecular weight is 269 g/mol. The van der Waals surface area contributed by atoms with E-state index < -0.39 is 11.5 Å². The molecule has 0 saturated carbocycles. The van der Waals surface area contributed by atoms with Crippen molar-refractivity contribution in [3.63, 3.8) is 0 Å². The van der Waals surface area contributed by atoms with Crippen LogP contribution in [0.25, 0.3) is 0 Å². The van der Waals surface area contributed by atoms with Gasteiger partial charge in [-0.1, -0.05) is 12.1 Å². The predicted octanol–water partition coefficient (Wildman–Crippen LogP) is 2.36. The Bertz CT molecular complexity index is 450. The standard InChI is InChI=1S/C14H20FNO3/c1-10-6-4-7-11(12(10)15)19-9-5-8-14(2,16-3)13(17)18/h4,6-7,16H,5,8-9H2,1-3H3,(H,17,18). The molecule has 0 aliphatic carbocycles. The Hall–Kier alpha value is -1.62. The van der Waals surface area contributed by atoms with Crippen LogP contribution in [0.5, 0.6) is 5.75 Å². The van der Waals surface area contributed by atoms with E-state index in [1.165, 1.54) is 0 Å². The van der Waals surface area contributed by atoms with E-state index in [1.807, 2.05) is 0 Å². The van der Waals surface area contributed by atoms with Gasteiger partial charge in [-0.05, 0) is 45.4 Å². The molecule has 0 aliphatic heterocycles. The van der Waals surface area contributed by atoms with Gasteiger partial charge in [0.2, 0.25) is 0 Å². The van der Waals surface area contributed by atoms with Crippen molar-refractivity contribution < 1.29 is 19.0 Å². The number of hydrogen-bond acceptors (Lipinski definition) is 3. The first-order valence-corrected chi connectivity index (χ1v) is 6.21. The van der Waals surface area contributed by atoms with E-state index in [-0.39, 0.29) is 18.2 Å². The molecular weight excluding hydrogens is 249 g/mol. The largest absolute Gasteiger partial charge is 0.491 e. The Kier molecular flexibility index (Phi) is 5.30. The van der Waals surface area contributed by atoms with Crippen LogP contribution in [0.15, 0.2) is 18.2 Å². The third-order valence-corrected chi connectivity index (χ3v) is 3.26. The second-order valence-electron chi connectivity index (χ2n) is 4.73. The van der Waals surface area contributed by atoms with E-state index in [0.29, 0.717) is 18.4 Å². The number of carboxylic acid groups (broad SMARTS) is 1. The van der Waals surface area contributed by atoms with Crippen molar-refractivity contribution in [3.05, 3.63) is 29.6 Å². The molecule has 1 atom stereocenters. The maximum Gasteiger partial charge on any atom is 0.323 e. The highest BCUT2D eigenvalue weighted by Gasteiger charge is 2.30. The number of ether oxygens (including phenoxy) is 1. The van der Waals surface area contributed by atoms with Crippen LogP contribution >= 0.6 is 0 Å². The zero-order chi connectivity index (χ0) is 14.5. The quantitative estimate of drug-likeness (QED) is 0.746. The van der Waals surface area contributed by atoms with Crippen molar-refractivity contribution in [1.82, 2.24) is 5.32 Å². The molecular formula is C14H20FNO3. The first-order valence-electron chi connectivity index (χ1n) is 6.21. The second kappa shape index (κ2) is 6.52. The molecule has 0 aliphatic rings. The summed E-state index contributed by atoms with van der Waals surface area (Å²) in [5.74, 6) is -1.06. The molecule has 0 spiro atoms. The summed E-state index contributed by atoms with van der Waals surface area (Å²) in [5, 5.41) is 11.8. The summed E-state index contributed by atoms with van der Waals surface area (Å²) in [6.07, 6.45) is 0.934. The Morgan fingerprint density at radius 1 is 1.53 bits per heavy atom. The first kappa shape index (κ1) is 15.4. The van der Waals surface area contributed by atoms with Crippen LogP contribution in [0.1, 0.15) is 25.3 Å². The number of carbonyl (C=O) groups is 1. The molecule has 0 amide bonds. The second-order valence-corrected chi connectivity index (χ2v) is 4.73. The van der Waals surface area contributed by atoms with E-state index >= 15 is 0 Å². The molecule has 0 aromatic heterocycles. The average Bonchev–Trinajstić information content (AvgIpc) is 2.38. The van der Waals surface area contributed by atoms with Crippen molar-refractivity contribution in [2.24, 2.45) is 0 Å². The van der Waals surface area contributed by atoms with Gasteiger partial charge in [0.15, 0.2) is 11.6 Å². The number of rotatable bonds is 7. The zero-order valence-corrected chi connectivity index (χ0v) is 11.5. The van der Waals surface area contributed by atoms with E-state index in [4.69, 9.17) is 9.84 Å². The number of carboxylic acids is 1. The minimum absolute atomic E-state index is 0.210. The van der Waals surface area contributed by atoms with Crippen LogP contribution in [0, 0.1) is 12.7 Å². The molecule has 1 rings (SSSR count). The van der Waals surface area contributed by atoms with Crippen LogP contribution < -0.4 is 10.1 Å². The Labute approximate surface area is 112 Å². The number of nitrogens with one attached hydrogen (secondary N) is 1. The lowest BCUT2D eigenvalue weighted by Gasteiger charge is -2.23. The number of likely N-dealkylation sites (N-methyl/N-ethyl adjacent to an activating group) is 1. The SMILES string of the molecule is CNC(C)(CCCOc1cccc(C)c1F)C(=O)O. The number of hydrogen-bond donors (Lipinski definition) is 2. The van der Waals surface area contributed by atoms with Gasteiger partial charge >= 0.3 is 5.97 Å². The van der Waals surface area contributed by atoms with Crippen molar-refractivity contribution in [2.45, 2.75) is 32.2 Å². The van der Waals surface area contributed by atoms with E-state index in [1.54, 1.807) is 39.1 Å². The molecule has 1 unspecified atom stereocenters. The van der Waals surface area contributed by atoms with Gasteiger partial charge in [-0.25, -0.2) is 4.39 Å². The highest BCUT2D eigenvalue weighted by atomic mass is 19.1. The Morgan fingerprint density at radius 2 is 2.21 bits per heavy atom. The minimum Gasteiger partial charge on any atom is -0.491 e. The molecule has 106 valence electrons. The van der Waals surface area contributed by atoms with Gasteiger partial charge in [-0.15, -0.1) is 0 Å². The Morgan fingerprint density at radius 3 is 2.79 bits per heavy atom. The normalized spacial score (nSPS) is 13.9. The summed E-state index contributed by atoms with van der Waals surface area (Å²) in [6, 6.07) is 4.96. The monoisotopic (exact) mass is 269 g/mol. The minimum atomic E-state index is -0.978. The lowest BCUT2D eigenvalue weighted by Crippen LogP contribution is -2.47. The number of aryl methyl sites for hydroxylation is 1. The van der Waals surface area contributed by atoms with Gasteiger partial charge in [0.05, 0.1) is 6.61 Å². The summed E-state index contributed by atoms with van der Waals surface area (Å²) < 4.78 is 19.0. The molecule has 4 nitrogen and oxygen atoms in total. The third-order valence-electron chi connectivity index (χ3n) is 3.26. The van der Waals surface area contributed by atoms with Crippen LogP contribution in [0.4, 0.5) is 4.39 Å². The topological polar surface area (TPSA) is 58.6 Å². The molecule has 0 bridgehead atoms. The summed E-state index contributed by atoms with van der Waals surface area (Å²) in [4.78, 5) is 11.1. The third kappa shape index (κ3) is 3.92. The molecule has 5 heteroatoms. The lowest BCUT2D eigenvalue weighted by molar-refractivity contribution is -0.144. The van der Waals surface area contributed by atoms with Gasteiger partial charge in [0.25, 0.3) is 0 Å². The van der Waals surface area contributed by atoms with Gasteiger partial charge in [0.1, 0.15) is 5.54 Å². The van der Waals surface area contributed by atoms with Crippen LogP contribution in [0.3, 0.4) is 0 Å². The van der Waals surface area contributed by atoms with Crippen LogP contribution in [-0.4, -0.2) is 30.3 Å². The lowest BCUT2D eigenvalue weighted by atomic mass is 9.96. The highest BCUT2D eigenvalue weighted by Crippen LogP contribution is 2.20. The van der Waals surface area contributed by atoms with Gasteiger partial charge in [0, 0.05) is 0 Å². The van der Waals surface area contributed by atoms with Gasteiger partial charge in [-0.2, -0.15) is 0 Å². The summed E-state index contributed by atoms with van der Waals surface area (Å²) >= 11 is 0.